The summed E-state index contributed by atoms with van der Waals surface area (Å²) in [4.78, 5) is 25.0. The number of nitrogens with zero attached hydrogens (tertiary/aromatic N) is 2. The predicted octanol–water partition coefficient (Wildman–Crippen LogP) is 3.98. The molecule has 3 rings (SSSR count). The number of halogens is 2. The van der Waals surface area contributed by atoms with Crippen LogP contribution in [0.3, 0.4) is 0 Å². The van der Waals surface area contributed by atoms with E-state index in [-0.39, 0.29) is 12.1 Å². The molecule has 3 aromatic rings. The smallest absolute Gasteiger partial charge is 0.276 e. The van der Waals surface area contributed by atoms with Crippen molar-refractivity contribution in [2.75, 3.05) is 7.11 Å². The van der Waals surface area contributed by atoms with Gasteiger partial charge in [-0.15, -0.1) is 0 Å². The molecule has 0 spiro atoms. The number of ether oxygens (including phenoxy) is 1. The molecule has 0 saturated carbocycles. The molecule has 1 heterocycles. The molecule has 0 aliphatic rings. The minimum Gasteiger partial charge on any atom is -0.497 e. The van der Waals surface area contributed by atoms with E-state index in [1.165, 1.54) is 16.8 Å². The summed E-state index contributed by atoms with van der Waals surface area (Å²) in [6.07, 6.45) is 3.07. The number of carbonyl (C=O) groups excluding carboxylic acids is 1. The van der Waals surface area contributed by atoms with Crippen molar-refractivity contribution < 1.29 is 9.53 Å². The maximum absolute atomic E-state index is 12.7. The molecule has 0 bridgehead atoms. The largest absolute Gasteiger partial charge is 0.497 e. The van der Waals surface area contributed by atoms with Crippen LogP contribution in [0.4, 0.5) is 0 Å². The zero-order chi connectivity index (χ0) is 20.8. The molecule has 29 heavy (non-hydrogen) atoms. The molecule has 0 radical (unpaired) electrons. The molecule has 148 valence electrons. The number of methoxy groups -OCH3 is 1. The second kappa shape index (κ2) is 9.41. The molecule has 1 N–H and O–H groups in total. The van der Waals surface area contributed by atoms with Gasteiger partial charge in [0.15, 0.2) is 0 Å². The summed E-state index contributed by atoms with van der Waals surface area (Å²) in [5.41, 5.74) is 3.45. The third kappa shape index (κ3) is 5.25. The van der Waals surface area contributed by atoms with E-state index in [9.17, 15) is 9.59 Å². The molecule has 2 aromatic carbocycles. The predicted molar refractivity (Wildman–Crippen MR) is 114 cm³/mol. The summed E-state index contributed by atoms with van der Waals surface area (Å²) in [6, 6.07) is 15.4. The molecule has 1 aromatic heterocycles. The van der Waals surface area contributed by atoms with Crippen LogP contribution >= 0.6 is 23.2 Å². The summed E-state index contributed by atoms with van der Waals surface area (Å²) >= 11 is 11.9. The monoisotopic (exact) mass is 429 g/mol. The van der Waals surface area contributed by atoms with Gasteiger partial charge < -0.3 is 9.30 Å². The number of benzene rings is 2. The van der Waals surface area contributed by atoms with Crippen molar-refractivity contribution in [3.05, 3.63) is 97.9 Å². The highest BCUT2D eigenvalue weighted by molar-refractivity contribution is 6.42. The Morgan fingerprint density at radius 3 is 2.72 bits per heavy atom. The fraction of sp³-hybridized carbons (Fsp3) is 0.0952. The lowest BCUT2D eigenvalue weighted by atomic mass is 10.2. The molecular weight excluding hydrogens is 413 g/mol. The summed E-state index contributed by atoms with van der Waals surface area (Å²) in [6.45, 7) is 0.254. The normalized spacial score (nSPS) is 10.9. The van der Waals surface area contributed by atoms with E-state index in [4.69, 9.17) is 27.9 Å². The highest BCUT2D eigenvalue weighted by Gasteiger charge is 2.12. The van der Waals surface area contributed by atoms with Gasteiger partial charge in [0.05, 0.1) is 29.9 Å². The molecule has 0 fully saturated rings. The quantitative estimate of drug-likeness (QED) is 0.475. The van der Waals surface area contributed by atoms with Crippen LogP contribution in [0.2, 0.25) is 10.0 Å². The maximum Gasteiger partial charge on any atom is 0.276 e. The van der Waals surface area contributed by atoms with Gasteiger partial charge in [-0.25, -0.2) is 5.43 Å². The zero-order valence-electron chi connectivity index (χ0n) is 15.4. The maximum atomic E-state index is 12.7. The van der Waals surface area contributed by atoms with E-state index < -0.39 is 11.5 Å². The van der Waals surface area contributed by atoms with Gasteiger partial charge in [-0.2, -0.15) is 5.10 Å². The standard InChI is InChI=1S/C21H17Cl2N3O3/c1-29-16-5-2-4-14(10-16)12-24-25-20(27)17-6-3-9-26(21(17)28)13-15-7-8-18(22)19(23)11-15/h2-12H,13H2,1H3,(H,25,27)/b24-12-. The van der Waals surface area contributed by atoms with Crippen LogP contribution in [0.15, 0.2) is 70.7 Å². The Bertz CT molecular complexity index is 1130. The van der Waals surface area contributed by atoms with E-state index in [0.29, 0.717) is 15.8 Å². The summed E-state index contributed by atoms with van der Waals surface area (Å²) < 4.78 is 6.55. The van der Waals surface area contributed by atoms with Crippen LogP contribution < -0.4 is 15.7 Å². The Hall–Kier alpha value is -3.09. The number of rotatable bonds is 6. The molecule has 6 nitrogen and oxygen atoms in total. The van der Waals surface area contributed by atoms with E-state index >= 15 is 0 Å². The number of hydrogen-bond acceptors (Lipinski definition) is 4. The number of amides is 1. The first-order valence-electron chi connectivity index (χ1n) is 8.59. The zero-order valence-corrected chi connectivity index (χ0v) is 16.9. The third-order valence-corrected chi connectivity index (χ3v) is 4.81. The van der Waals surface area contributed by atoms with Crippen LogP contribution in [-0.2, 0) is 6.54 Å². The first-order chi connectivity index (χ1) is 14.0. The van der Waals surface area contributed by atoms with Gasteiger partial charge in [0.1, 0.15) is 11.3 Å². The van der Waals surface area contributed by atoms with Crippen molar-refractivity contribution in [1.29, 1.82) is 0 Å². The van der Waals surface area contributed by atoms with Crippen LogP contribution in [-0.4, -0.2) is 23.8 Å². The van der Waals surface area contributed by atoms with Gasteiger partial charge in [-0.3, -0.25) is 9.59 Å². The lowest BCUT2D eigenvalue weighted by molar-refractivity contribution is 0.0953. The Balaban J connectivity index is 1.74. The van der Waals surface area contributed by atoms with Crippen molar-refractivity contribution in [2.24, 2.45) is 5.10 Å². The molecular formula is C21H17Cl2N3O3. The molecule has 0 unspecified atom stereocenters. The van der Waals surface area contributed by atoms with Crippen molar-refractivity contribution in [1.82, 2.24) is 9.99 Å². The number of carbonyl (C=O) groups is 1. The number of aromatic nitrogens is 1. The minimum atomic E-state index is -0.599. The Morgan fingerprint density at radius 2 is 1.97 bits per heavy atom. The molecule has 0 aliphatic carbocycles. The first kappa shape index (κ1) is 20.6. The van der Waals surface area contributed by atoms with Crippen LogP contribution in [0.1, 0.15) is 21.5 Å². The Morgan fingerprint density at radius 1 is 1.14 bits per heavy atom. The Labute approximate surface area is 177 Å². The van der Waals surface area contributed by atoms with Crippen molar-refractivity contribution in [3.63, 3.8) is 0 Å². The molecule has 8 heteroatoms. The second-order valence-corrected chi connectivity index (χ2v) is 6.89. The fourth-order valence-corrected chi connectivity index (χ4v) is 2.94. The summed E-state index contributed by atoms with van der Waals surface area (Å²) in [5.74, 6) is 0.0751. The van der Waals surface area contributed by atoms with Crippen LogP contribution in [0, 0.1) is 0 Å². The van der Waals surface area contributed by atoms with Crippen molar-refractivity contribution in [3.8, 4) is 5.75 Å². The third-order valence-electron chi connectivity index (χ3n) is 4.08. The first-order valence-corrected chi connectivity index (χ1v) is 9.34. The minimum absolute atomic E-state index is 0.0182. The van der Waals surface area contributed by atoms with E-state index in [0.717, 1.165) is 11.1 Å². The average molecular weight is 430 g/mol. The molecule has 0 aliphatic heterocycles. The van der Waals surface area contributed by atoms with E-state index in [1.807, 2.05) is 6.07 Å². The lowest BCUT2D eigenvalue weighted by Gasteiger charge is -2.08. The average Bonchev–Trinajstić information content (AvgIpc) is 2.72. The fourth-order valence-electron chi connectivity index (χ4n) is 2.62. The van der Waals surface area contributed by atoms with Crippen LogP contribution in [0.5, 0.6) is 5.75 Å². The van der Waals surface area contributed by atoms with E-state index in [1.54, 1.807) is 55.8 Å². The topological polar surface area (TPSA) is 72.7 Å². The van der Waals surface area contributed by atoms with Crippen molar-refractivity contribution in [2.45, 2.75) is 6.54 Å². The number of hydrazone groups is 1. The number of pyridine rings is 1. The van der Waals surface area contributed by atoms with Gasteiger partial charge in [0.2, 0.25) is 0 Å². The second-order valence-electron chi connectivity index (χ2n) is 6.08. The molecule has 0 atom stereocenters. The summed E-state index contributed by atoms with van der Waals surface area (Å²) in [7, 11) is 1.57. The highest BCUT2D eigenvalue weighted by atomic mass is 35.5. The number of hydrogen-bond donors (Lipinski definition) is 1. The van der Waals surface area contributed by atoms with E-state index in [2.05, 4.69) is 10.5 Å². The number of nitrogens with one attached hydrogen (secondary N) is 1. The Kier molecular flexibility index (Phi) is 6.69. The molecule has 1 amide bonds. The highest BCUT2D eigenvalue weighted by Crippen LogP contribution is 2.22. The van der Waals surface area contributed by atoms with Gasteiger partial charge in [-0.1, -0.05) is 41.4 Å². The lowest BCUT2D eigenvalue weighted by Crippen LogP contribution is -2.30. The van der Waals surface area contributed by atoms with Crippen molar-refractivity contribution >= 4 is 35.3 Å². The summed E-state index contributed by atoms with van der Waals surface area (Å²) in [5, 5.41) is 4.74. The van der Waals surface area contributed by atoms with Gasteiger partial charge in [-0.05, 0) is 47.5 Å². The SMILES string of the molecule is COc1cccc(/C=N\NC(=O)c2cccn(Cc3ccc(Cl)c(Cl)c3)c2=O)c1. The molecule has 0 saturated heterocycles. The van der Waals surface area contributed by atoms with Crippen LogP contribution in [0.25, 0.3) is 0 Å². The van der Waals surface area contributed by atoms with Gasteiger partial charge in [0.25, 0.3) is 11.5 Å². The van der Waals surface area contributed by atoms with Gasteiger partial charge in [0, 0.05) is 6.20 Å². The van der Waals surface area contributed by atoms with Gasteiger partial charge >= 0.3 is 0 Å².